The molecular formula is C21H25FN2O4S2. The average Bonchev–Trinajstić information content (AvgIpc) is 3.07. The molecule has 2 aliphatic heterocycles. The quantitative estimate of drug-likeness (QED) is 0.705. The molecule has 0 N–H and O–H groups in total. The number of aryl methyl sites for hydroxylation is 1. The molecule has 2 heterocycles. The maximum atomic E-state index is 14.4. The first kappa shape index (κ1) is 21.3. The molecule has 0 aromatic heterocycles. The first-order valence-electron chi connectivity index (χ1n) is 9.92. The number of rotatable bonds is 4. The standard InChI is InChI=1S/C21H25FN2O4S2/c1-16-7-8-18(22)20(13-16)30(27,28)21-15-29(25,26)14-19(21)24-11-9-23(10-12-24)17-5-3-2-4-6-17/h2-8,13,19,21H,9-12,14-15H2,1H3/t19-,21-/m0/s1. The SMILES string of the molecule is Cc1ccc(F)c(S(=O)(=O)[C@H]2CS(=O)(=O)C[C@@H]2N2CCN(c3ccccc3)CC2)c1. The van der Waals surface area contributed by atoms with Crippen molar-refractivity contribution in [3.63, 3.8) is 0 Å². The van der Waals surface area contributed by atoms with Gasteiger partial charge in [0, 0.05) is 37.9 Å². The molecular weight excluding hydrogens is 427 g/mol. The summed E-state index contributed by atoms with van der Waals surface area (Å²) in [6.45, 7) is 4.14. The van der Waals surface area contributed by atoms with Gasteiger partial charge in [0.05, 0.1) is 16.8 Å². The molecule has 9 heteroatoms. The monoisotopic (exact) mass is 452 g/mol. The fourth-order valence-corrected chi connectivity index (χ4v) is 9.36. The van der Waals surface area contributed by atoms with E-state index >= 15 is 0 Å². The highest BCUT2D eigenvalue weighted by Gasteiger charge is 2.49. The number of hydrogen-bond acceptors (Lipinski definition) is 6. The number of anilines is 1. The second kappa shape index (κ2) is 7.94. The number of nitrogens with zero attached hydrogens (tertiary/aromatic N) is 2. The first-order chi connectivity index (χ1) is 14.2. The van der Waals surface area contributed by atoms with Crippen molar-refractivity contribution < 1.29 is 21.2 Å². The van der Waals surface area contributed by atoms with Crippen LogP contribution in [0.3, 0.4) is 0 Å². The molecule has 2 aromatic rings. The summed E-state index contributed by atoms with van der Waals surface area (Å²) in [5, 5.41) is -1.16. The summed E-state index contributed by atoms with van der Waals surface area (Å²) in [5.41, 5.74) is 1.70. The second-order valence-electron chi connectivity index (χ2n) is 8.02. The topological polar surface area (TPSA) is 74.8 Å². The zero-order valence-electron chi connectivity index (χ0n) is 16.7. The van der Waals surface area contributed by atoms with E-state index in [1.807, 2.05) is 35.2 Å². The van der Waals surface area contributed by atoms with Gasteiger partial charge in [-0.25, -0.2) is 21.2 Å². The van der Waals surface area contributed by atoms with Crippen molar-refractivity contribution in [2.24, 2.45) is 0 Å². The lowest BCUT2D eigenvalue weighted by Gasteiger charge is -2.40. The fourth-order valence-electron chi connectivity index (χ4n) is 4.38. The smallest absolute Gasteiger partial charge is 0.186 e. The van der Waals surface area contributed by atoms with Crippen molar-refractivity contribution in [3.8, 4) is 0 Å². The Labute approximate surface area is 177 Å². The maximum absolute atomic E-state index is 14.4. The van der Waals surface area contributed by atoms with Gasteiger partial charge >= 0.3 is 0 Å². The summed E-state index contributed by atoms with van der Waals surface area (Å²) < 4.78 is 65.8. The largest absolute Gasteiger partial charge is 0.369 e. The highest BCUT2D eigenvalue weighted by atomic mass is 32.2. The van der Waals surface area contributed by atoms with Gasteiger partial charge in [-0.2, -0.15) is 0 Å². The van der Waals surface area contributed by atoms with E-state index in [2.05, 4.69) is 4.90 Å². The van der Waals surface area contributed by atoms with Gasteiger partial charge in [-0.1, -0.05) is 24.3 Å². The summed E-state index contributed by atoms with van der Waals surface area (Å²) in [4.78, 5) is 3.74. The van der Waals surface area contributed by atoms with Gasteiger partial charge in [0.25, 0.3) is 0 Å². The van der Waals surface area contributed by atoms with Gasteiger partial charge in [0.15, 0.2) is 19.7 Å². The van der Waals surface area contributed by atoms with Gasteiger partial charge in [-0.05, 0) is 36.8 Å². The third-order valence-corrected chi connectivity index (χ3v) is 10.1. The van der Waals surface area contributed by atoms with Crippen LogP contribution >= 0.6 is 0 Å². The lowest BCUT2D eigenvalue weighted by atomic mass is 10.1. The third-order valence-electron chi connectivity index (χ3n) is 5.97. The normalized spacial score (nSPS) is 24.8. The summed E-state index contributed by atoms with van der Waals surface area (Å²) in [6.07, 6.45) is 0. The molecule has 0 amide bonds. The van der Waals surface area contributed by atoms with Crippen molar-refractivity contribution in [1.29, 1.82) is 0 Å². The summed E-state index contributed by atoms with van der Waals surface area (Å²) >= 11 is 0. The van der Waals surface area contributed by atoms with Gasteiger partial charge in [0.2, 0.25) is 0 Å². The Kier molecular flexibility index (Phi) is 5.63. The molecule has 4 rings (SSSR count). The predicted octanol–water partition coefficient (Wildman–Crippen LogP) is 1.90. The Bertz CT molecular complexity index is 1130. The number of para-hydroxylation sites is 1. The Balaban J connectivity index is 1.59. The van der Waals surface area contributed by atoms with E-state index in [0.29, 0.717) is 31.7 Å². The van der Waals surface area contributed by atoms with Crippen molar-refractivity contribution in [2.75, 3.05) is 42.6 Å². The van der Waals surface area contributed by atoms with Crippen molar-refractivity contribution in [3.05, 3.63) is 59.9 Å². The van der Waals surface area contributed by atoms with Gasteiger partial charge in [0.1, 0.15) is 10.7 Å². The van der Waals surface area contributed by atoms with Crippen LogP contribution < -0.4 is 4.90 Å². The van der Waals surface area contributed by atoms with E-state index in [1.54, 1.807) is 6.92 Å². The molecule has 2 fully saturated rings. The molecule has 0 radical (unpaired) electrons. The van der Waals surface area contributed by atoms with E-state index in [9.17, 15) is 21.2 Å². The average molecular weight is 453 g/mol. The Hall–Kier alpha value is -1.97. The number of sulfone groups is 2. The number of halogens is 1. The van der Waals surface area contributed by atoms with Crippen LogP contribution in [0.2, 0.25) is 0 Å². The molecule has 2 aromatic carbocycles. The molecule has 0 spiro atoms. The van der Waals surface area contributed by atoms with Crippen LogP contribution in [0.5, 0.6) is 0 Å². The molecule has 6 nitrogen and oxygen atoms in total. The zero-order chi connectivity index (χ0) is 21.5. The number of hydrogen-bond donors (Lipinski definition) is 0. The minimum absolute atomic E-state index is 0.213. The molecule has 2 saturated heterocycles. The number of benzene rings is 2. The van der Waals surface area contributed by atoms with Crippen molar-refractivity contribution in [1.82, 2.24) is 4.90 Å². The third kappa shape index (κ3) is 4.10. The van der Waals surface area contributed by atoms with E-state index in [4.69, 9.17) is 0 Å². The molecule has 0 saturated carbocycles. The highest BCUT2D eigenvalue weighted by Crippen LogP contribution is 2.31. The molecule has 162 valence electrons. The Morgan fingerprint density at radius 2 is 1.63 bits per heavy atom. The Morgan fingerprint density at radius 3 is 2.30 bits per heavy atom. The van der Waals surface area contributed by atoms with E-state index in [-0.39, 0.29) is 5.75 Å². The molecule has 0 bridgehead atoms. The van der Waals surface area contributed by atoms with Crippen LogP contribution in [0.4, 0.5) is 10.1 Å². The minimum Gasteiger partial charge on any atom is -0.369 e. The van der Waals surface area contributed by atoms with Gasteiger partial charge in [-0.15, -0.1) is 0 Å². The van der Waals surface area contributed by atoms with Crippen LogP contribution in [-0.2, 0) is 19.7 Å². The van der Waals surface area contributed by atoms with Crippen LogP contribution in [0, 0.1) is 12.7 Å². The summed E-state index contributed by atoms with van der Waals surface area (Å²) in [5.74, 6) is -1.51. The lowest BCUT2D eigenvalue weighted by Crippen LogP contribution is -2.55. The summed E-state index contributed by atoms with van der Waals surface area (Å²) in [7, 11) is -7.67. The van der Waals surface area contributed by atoms with Crippen molar-refractivity contribution in [2.45, 2.75) is 23.1 Å². The van der Waals surface area contributed by atoms with Crippen LogP contribution in [-0.4, -0.2) is 70.7 Å². The van der Waals surface area contributed by atoms with Crippen LogP contribution in [0.15, 0.2) is 53.4 Å². The highest BCUT2D eigenvalue weighted by molar-refractivity contribution is 7.96. The second-order valence-corrected chi connectivity index (χ2v) is 12.3. The molecule has 2 aliphatic rings. The van der Waals surface area contributed by atoms with Crippen LogP contribution in [0.25, 0.3) is 0 Å². The maximum Gasteiger partial charge on any atom is 0.186 e. The van der Waals surface area contributed by atoms with E-state index < -0.39 is 47.4 Å². The Morgan fingerprint density at radius 1 is 0.967 bits per heavy atom. The fraction of sp³-hybridized carbons (Fsp3) is 0.429. The molecule has 2 atom stereocenters. The van der Waals surface area contributed by atoms with Crippen LogP contribution in [0.1, 0.15) is 5.56 Å². The van der Waals surface area contributed by atoms with Gasteiger partial charge < -0.3 is 4.90 Å². The van der Waals surface area contributed by atoms with E-state index in [0.717, 1.165) is 11.8 Å². The molecule has 0 aliphatic carbocycles. The van der Waals surface area contributed by atoms with Gasteiger partial charge in [-0.3, -0.25) is 4.90 Å². The lowest BCUT2D eigenvalue weighted by molar-refractivity contribution is 0.201. The summed E-state index contributed by atoms with van der Waals surface area (Å²) in [6, 6.07) is 13.2. The first-order valence-corrected chi connectivity index (χ1v) is 13.3. The number of piperazine rings is 1. The van der Waals surface area contributed by atoms with E-state index in [1.165, 1.54) is 12.1 Å². The molecule has 30 heavy (non-hydrogen) atoms. The predicted molar refractivity (Wildman–Crippen MR) is 115 cm³/mol. The molecule has 0 unspecified atom stereocenters. The van der Waals surface area contributed by atoms with Crippen molar-refractivity contribution >= 4 is 25.4 Å². The zero-order valence-corrected chi connectivity index (χ0v) is 18.4. The minimum atomic E-state index is -4.14.